The second kappa shape index (κ2) is 8.70. The Morgan fingerprint density at radius 3 is 2.33 bits per heavy atom. The highest BCUT2D eigenvalue weighted by Crippen LogP contribution is 2.06. The summed E-state index contributed by atoms with van der Waals surface area (Å²) in [5.41, 5.74) is 2.62. The van der Waals surface area contributed by atoms with Crippen LogP contribution in [0.25, 0.3) is 0 Å². The zero-order valence-corrected chi connectivity index (χ0v) is 11.1. The van der Waals surface area contributed by atoms with Gasteiger partial charge in [0.05, 0.1) is 0 Å². The molecule has 100 valence electrons. The van der Waals surface area contributed by atoms with Crippen molar-refractivity contribution >= 4 is 5.91 Å². The van der Waals surface area contributed by atoms with E-state index in [1.165, 1.54) is 17.5 Å². The fourth-order valence-corrected chi connectivity index (χ4v) is 1.84. The number of benzene rings is 1. The molecule has 0 atom stereocenters. The quantitative estimate of drug-likeness (QED) is 0.741. The molecule has 0 saturated heterocycles. The van der Waals surface area contributed by atoms with E-state index in [0.717, 1.165) is 12.8 Å². The average Bonchev–Trinajstić information content (AvgIpc) is 2.39. The Morgan fingerprint density at radius 1 is 1.17 bits per heavy atom. The van der Waals surface area contributed by atoms with Crippen molar-refractivity contribution < 1.29 is 9.90 Å². The number of aliphatic hydroxyl groups is 1. The van der Waals surface area contributed by atoms with Crippen LogP contribution in [-0.4, -0.2) is 24.2 Å². The van der Waals surface area contributed by atoms with E-state index in [0.29, 0.717) is 19.4 Å². The van der Waals surface area contributed by atoms with Gasteiger partial charge in [-0.05, 0) is 30.4 Å². The first-order valence-electron chi connectivity index (χ1n) is 6.71. The third kappa shape index (κ3) is 5.82. The second-order valence-corrected chi connectivity index (χ2v) is 4.49. The van der Waals surface area contributed by atoms with Gasteiger partial charge in [-0.15, -0.1) is 0 Å². The fraction of sp³-hybridized carbons (Fsp3) is 0.533. The predicted octanol–water partition coefficient (Wildman–Crippen LogP) is 2.07. The van der Waals surface area contributed by atoms with E-state index in [-0.39, 0.29) is 12.5 Å². The Kier molecular flexibility index (Phi) is 7.11. The van der Waals surface area contributed by atoms with Gasteiger partial charge in [-0.1, -0.05) is 37.6 Å². The monoisotopic (exact) mass is 249 g/mol. The number of hydrogen-bond acceptors (Lipinski definition) is 2. The van der Waals surface area contributed by atoms with Crippen molar-refractivity contribution in [3.8, 4) is 0 Å². The van der Waals surface area contributed by atoms with Gasteiger partial charge >= 0.3 is 0 Å². The molecular formula is C15H23NO2. The smallest absolute Gasteiger partial charge is 0.220 e. The van der Waals surface area contributed by atoms with Gasteiger partial charge in [0, 0.05) is 19.6 Å². The second-order valence-electron chi connectivity index (χ2n) is 4.49. The average molecular weight is 249 g/mol. The molecule has 1 aromatic rings. The summed E-state index contributed by atoms with van der Waals surface area (Å²) < 4.78 is 0. The summed E-state index contributed by atoms with van der Waals surface area (Å²) >= 11 is 0. The number of carbonyl (C=O) groups is 1. The van der Waals surface area contributed by atoms with Crippen molar-refractivity contribution in [3.05, 3.63) is 35.4 Å². The van der Waals surface area contributed by atoms with Crippen LogP contribution in [0.4, 0.5) is 0 Å². The molecular weight excluding hydrogens is 226 g/mol. The molecule has 0 heterocycles. The molecule has 0 aliphatic heterocycles. The van der Waals surface area contributed by atoms with Crippen molar-refractivity contribution in [2.24, 2.45) is 0 Å². The lowest BCUT2D eigenvalue weighted by atomic mass is 10.1. The fourth-order valence-electron chi connectivity index (χ4n) is 1.84. The molecule has 0 saturated carbocycles. The molecule has 3 heteroatoms. The third-order valence-electron chi connectivity index (χ3n) is 2.86. The van der Waals surface area contributed by atoms with E-state index in [1.54, 1.807) is 0 Å². The number of aryl methyl sites for hydroxylation is 1. The standard InChI is InChI=1S/C15H23NO2/c1-2-4-13-6-8-14(9-7-13)10-11-16-15(18)5-3-12-17/h6-9,17H,2-5,10-12H2,1H3,(H,16,18). The largest absolute Gasteiger partial charge is 0.396 e. The van der Waals surface area contributed by atoms with Crippen LogP contribution in [-0.2, 0) is 17.6 Å². The van der Waals surface area contributed by atoms with Gasteiger partial charge in [0.1, 0.15) is 0 Å². The van der Waals surface area contributed by atoms with Crippen molar-refractivity contribution in [3.63, 3.8) is 0 Å². The van der Waals surface area contributed by atoms with E-state index in [1.807, 2.05) is 0 Å². The Hall–Kier alpha value is -1.35. The van der Waals surface area contributed by atoms with Crippen LogP contribution < -0.4 is 5.32 Å². The highest BCUT2D eigenvalue weighted by Gasteiger charge is 2.00. The summed E-state index contributed by atoms with van der Waals surface area (Å²) in [5.74, 6) is 0.0200. The number of hydrogen-bond donors (Lipinski definition) is 2. The summed E-state index contributed by atoms with van der Waals surface area (Å²) in [6, 6.07) is 8.58. The minimum Gasteiger partial charge on any atom is -0.396 e. The molecule has 0 aliphatic rings. The Balaban J connectivity index is 2.24. The molecule has 0 spiro atoms. The van der Waals surface area contributed by atoms with Gasteiger partial charge < -0.3 is 10.4 Å². The molecule has 1 rings (SSSR count). The highest BCUT2D eigenvalue weighted by atomic mass is 16.3. The van der Waals surface area contributed by atoms with Gasteiger partial charge in [-0.3, -0.25) is 4.79 Å². The van der Waals surface area contributed by atoms with Crippen LogP contribution in [0.2, 0.25) is 0 Å². The van der Waals surface area contributed by atoms with E-state index < -0.39 is 0 Å². The van der Waals surface area contributed by atoms with Crippen LogP contribution in [0.1, 0.15) is 37.3 Å². The summed E-state index contributed by atoms with van der Waals surface area (Å²) in [7, 11) is 0. The van der Waals surface area contributed by atoms with Crippen LogP contribution in [0.5, 0.6) is 0 Å². The van der Waals surface area contributed by atoms with Crippen LogP contribution in [0, 0.1) is 0 Å². The number of carbonyl (C=O) groups excluding carboxylic acids is 1. The minimum atomic E-state index is 0.0200. The van der Waals surface area contributed by atoms with E-state index >= 15 is 0 Å². The van der Waals surface area contributed by atoms with Gasteiger partial charge in [0.15, 0.2) is 0 Å². The molecule has 0 aromatic heterocycles. The lowest BCUT2D eigenvalue weighted by Gasteiger charge is -2.06. The molecule has 2 N–H and O–H groups in total. The molecule has 0 aliphatic carbocycles. The first-order chi connectivity index (χ1) is 8.76. The topological polar surface area (TPSA) is 49.3 Å². The lowest BCUT2D eigenvalue weighted by molar-refractivity contribution is -0.121. The molecule has 3 nitrogen and oxygen atoms in total. The zero-order valence-electron chi connectivity index (χ0n) is 11.1. The normalized spacial score (nSPS) is 10.3. The van der Waals surface area contributed by atoms with Crippen LogP contribution in [0.3, 0.4) is 0 Å². The summed E-state index contributed by atoms with van der Waals surface area (Å²) in [6.45, 7) is 2.92. The molecule has 1 amide bonds. The molecule has 0 bridgehead atoms. The van der Waals surface area contributed by atoms with Crippen molar-refractivity contribution in [1.29, 1.82) is 0 Å². The maximum absolute atomic E-state index is 11.3. The van der Waals surface area contributed by atoms with Crippen molar-refractivity contribution in [2.75, 3.05) is 13.2 Å². The van der Waals surface area contributed by atoms with E-state index in [2.05, 4.69) is 36.5 Å². The molecule has 0 unspecified atom stereocenters. The Morgan fingerprint density at radius 2 is 1.78 bits per heavy atom. The number of rotatable bonds is 8. The summed E-state index contributed by atoms with van der Waals surface area (Å²) in [5, 5.41) is 11.5. The van der Waals surface area contributed by atoms with E-state index in [4.69, 9.17) is 5.11 Å². The van der Waals surface area contributed by atoms with Crippen LogP contribution >= 0.6 is 0 Å². The van der Waals surface area contributed by atoms with Crippen molar-refractivity contribution in [2.45, 2.75) is 39.0 Å². The van der Waals surface area contributed by atoms with Gasteiger partial charge in [-0.25, -0.2) is 0 Å². The van der Waals surface area contributed by atoms with Crippen molar-refractivity contribution in [1.82, 2.24) is 5.32 Å². The molecule has 0 radical (unpaired) electrons. The molecule has 0 fully saturated rings. The SMILES string of the molecule is CCCc1ccc(CCNC(=O)CCCO)cc1. The summed E-state index contributed by atoms with van der Waals surface area (Å²) in [4.78, 5) is 11.3. The Bertz CT molecular complexity index is 346. The molecule has 1 aromatic carbocycles. The number of nitrogens with one attached hydrogen (secondary N) is 1. The van der Waals surface area contributed by atoms with Gasteiger partial charge in [0.2, 0.25) is 5.91 Å². The van der Waals surface area contributed by atoms with Gasteiger partial charge in [-0.2, -0.15) is 0 Å². The first kappa shape index (κ1) is 14.7. The molecule has 18 heavy (non-hydrogen) atoms. The lowest BCUT2D eigenvalue weighted by Crippen LogP contribution is -2.25. The third-order valence-corrected chi connectivity index (χ3v) is 2.86. The summed E-state index contributed by atoms with van der Waals surface area (Å²) in [6.07, 6.45) is 4.10. The highest BCUT2D eigenvalue weighted by molar-refractivity contribution is 5.75. The van der Waals surface area contributed by atoms with Gasteiger partial charge in [0.25, 0.3) is 0 Å². The maximum atomic E-state index is 11.3. The first-order valence-corrected chi connectivity index (χ1v) is 6.71. The zero-order chi connectivity index (χ0) is 13.2. The van der Waals surface area contributed by atoms with E-state index in [9.17, 15) is 4.79 Å². The number of aliphatic hydroxyl groups excluding tert-OH is 1. The predicted molar refractivity (Wildman–Crippen MR) is 73.5 cm³/mol. The number of amides is 1. The van der Waals surface area contributed by atoms with Crippen LogP contribution in [0.15, 0.2) is 24.3 Å². The minimum absolute atomic E-state index is 0.0200. The maximum Gasteiger partial charge on any atom is 0.220 e. The Labute approximate surface area is 109 Å².